The SMILES string of the molecule is CC(=O)N1CC(N2CCCC(N)C2)C1. The summed E-state index contributed by atoms with van der Waals surface area (Å²) in [6.07, 6.45) is 2.36. The van der Waals surface area contributed by atoms with E-state index in [-0.39, 0.29) is 5.91 Å². The Bertz CT molecular complexity index is 225. The first-order valence-corrected chi connectivity index (χ1v) is 5.42. The van der Waals surface area contributed by atoms with Crippen molar-refractivity contribution in [1.29, 1.82) is 0 Å². The fraction of sp³-hybridized carbons (Fsp3) is 0.900. The van der Waals surface area contributed by atoms with Gasteiger partial charge in [0.15, 0.2) is 0 Å². The molecular weight excluding hydrogens is 178 g/mol. The van der Waals surface area contributed by atoms with Gasteiger partial charge in [-0.15, -0.1) is 0 Å². The maximum absolute atomic E-state index is 11.0. The molecule has 2 fully saturated rings. The number of hydrogen-bond acceptors (Lipinski definition) is 3. The molecule has 2 heterocycles. The Kier molecular flexibility index (Phi) is 2.74. The highest BCUT2D eigenvalue weighted by Crippen LogP contribution is 2.19. The van der Waals surface area contributed by atoms with Gasteiger partial charge in [-0.1, -0.05) is 0 Å². The first-order valence-electron chi connectivity index (χ1n) is 5.42. The Morgan fingerprint density at radius 3 is 2.64 bits per heavy atom. The predicted molar refractivity (Wildman–Crippen MR) is 54.8 cm³/mol. The molecule has 0 bridgehead atoms. The number of amides is 1. The summed E-state index contributed by atoms with van der Waals surface area (Å²) >= 11 is 0. The van der Waals surface area contributed by atoms with Gasteiger partial charge < -0.3 is 10.6 Å². The zero-order valence-corrected chi connectivity index (χ0v) is 8.78. The van der Waals surface area contributed by atoms with E-state index in [0.29, 0.717) is 12.1 Å². The van der Waals surface area contributed by atoms with Crippen molar-refractivity contribution in [2.24, 2.45) is 5.73 Å². The molecule has 2 saturated heterocycles. The van der Waals surface area contributed by atoms with E-state index in [0.717, 1.165) is 32.6 Å². The maximum Gasteiger partial charge on any atom is 0.219 e. The number of nitrogens with zero attached hydrogens (tertiary/aromatic N) is 2. The van der Waals surface area contributed by atoms with Crippen LogP contribution in [0.1, 0.15) is 19.8 Å². The molecule has 2 aliphatic rings. The number of rotatable bonds is 1. The third-order valence-corrected chi connectivity index (χ3v) is 3.31. The Morgan fingerprint density at radius 2 is 2.07 bits per heavy atom. The number of nitrogens with two attached hydrogens (primary N) is 1. The number of carbonyl (C=O) groups excluding carboxylic acids is 1. The minimum atomic E-state index is 0.197. The molecule has 0 radical (unpaired) electrons. The third-order valence-electron chi connectivity index (χ3n) is 3.31. The van der Waals surface area contributed by atoms with Gasteiger partial charge in [0.25, 0.3) is 0 Å². The van der Waals surface area contributed by atoms with E-state index in [1.165, 1.54) is 6.42 Å². The molecule has 4 nitrogen and oxygen atoms in total. The molecule has 0 aromatic heterocycles. The quantitative estimate of drug-likeness (QED) is 0.624. The van der Waals surface area contributed by atoms with Crippen molar-refractivity contribution < 1.29 is 4.79 Å². The molecule has 0 spiro atoms. The van der Waals surface area contributed by atoms with Crippen molar-refractivity contribution in [2.75, 3.05) is 26.2 Å². The maximum atomic E-state index is 11.0. The van der Waals surface area contributed by atoms with Crippen LogP contribution in [0.4, 0.5) is 0 Å². The van der Waals surface area contributed by atoms with Crippen molar-refractivity contribution in [1.82, 2.24) is 9.80 Å². The summed E-state index contributed by atoms with van der Waals surface area (Å²) in [7, 11) is 0. The second-order valence-corrected chi connectivity index (χ2v) is 4.48. The lowest BCUT2D eigenvalue weighted by Gasteiger charge is -2.47. The first kappa shape index (κ1) is 9.93. The van der Waals surface area contributed by atoms with E-state index in [2.05, 4.69) is 4.90 Å². The van der Waals surface area contributed by atoms with Crippen LogP contribution < -0.4 is 5.73 Å². The van der Waals surface area contributed by atoms with Crippen LogP contribution in [0.25, 0.3) is 0 Å². The third kappa shape index (κ3) is 1.91. The first-order chi connectivity index (χ1) is 6.66. The van der Waals surface area contributed by atoms with Gasteiger partial charge in [-0.3, -0.25) is 9.69 Å². The van der Waals surface area contributed by atoms with Crippen molar-refractivity contribution in [3.63, 3.8) is 0 Å². The van der Waals surface area contributed by atoms with Crippen LogP contribution >= 0.6 is 0 Å². The molecule has 14 heavy (non-hydrogen) atoms. The minimum Gasteiger partial charge on any atom is -0.340 e. The van der Waals surface area contributed by atoms with E-state index in [1.807, 2.05) is 4.90 Å². The Morgan fingerprint density at radius 1 is 1.36 bits per heavy atom. The van der Waals surface area contributed by atoms with E-state index in [9.17, 15) is 4.79 Å². The van der Waals surface area contributed by atoms with E-state index in [4.69, 9.17) is 5.73 Å². The number of likely N-dealkylation sites (tertiary alicyclic amines) is 2. The van der Waals surface area contributed by atoms with Crippen molar-refractivity contribution in [3.05, 3.63) is 0 Å². The molecule has 1 amide bonds. The number of piperidine rings is 1. The molecule has 0 aliphatic carbocycles. The van der Waals surface area contributed by atoms with Crippen LogP contribution in [0.3, 0.4) is 0 Å². The van der Waals surface area contributed by atoms with Gasteiger partial charge in [0.2, 0.25) is 5.91 Å². The van der Waals surface area contributed by atoms with Gasteiger partial charge >= 0.3 is 0 Å². The summed E-state index contributed by atoms with van der Waals surface area (Å²) in [5.41, 5.74) is 5.91. The predicted octanol–water partition coefficient (Wildman–Crippen LogP) is -0.360. The van der Waals surface area contributed by atoms with E-state index in [1.54, 1.807) is 6.92 Å². The van der Waals surface area contributed by atoms with Gasteiger partial charge in [0.05, 0.1) is 0 Å². The lowest BCUT2D eigenvalue weighted by atomic mass is 10.0. The molecule has 2 aliphatic heterocycles. The monoisotopic (exact) mass is 197 g/mol. The molecular formula is C10H19N3O. The van der Waals surface area contributed by atoms with Crippen molar-refractivity contribution in [2.45, 2.75) is 31.8 Å². The lowest BCUT2D eigenvalue weighted by molar-refractivity contribution is -0.136. The summed E-state index contributed by atoms with van der Waals surface area (Å²) in [5, 5.41) is 0. The molecule has 1 atom stereocenters. The average Bonchev–Trinajstić information content (AvgIpc) is 2.00. The summed E-state index contributed by atoms with van der Waals surface area (Å²) < 4.78 is 0. The van der Waals surface area contributed by atoms with Crippen LogP contribution in [0.15, 0.2) is 0 Å². The molecule has 1 unspecified atom stereocenters. The standard InChI is InChI=1S/C10H19N3O/c1-8(14)13-6-10(7-13)12-4-2-3-9(11)5-12/h9-10H,2-7,11H2,1H3. The summed E-state index contributed by atoms with van der Waals surface area (Å²) in [6, 6.07) is 0.917. The molecule has 0 aromatic carbocycles. The van der Waals surface area contributed by atoms with Crippen LogP contribution in [0.5, 0.6) is 0 Å². The zero-order chi connectivity index (χ0) is 10.1. The smallest absolute Gasteiger partial charge is 0.219 e. The van der Waals surface area contributed by atoms with Gasteiger partial charge in [0, 0.05) is 38.6 Å². The van der Waals surface area contributed by atoms with Crippen LogP contribution in [0, 0.1) is 0 Å². The van der Waals surface area contributed by atoms with Gasteiger partial charge in [-0.05, 0) is 19.4 Å². The highest BCUT2D eigenvalue weighted by Gasteiger charge is 2.34. The van der Waals surface area contributed by atoms with Gasteiger partial charge in [0.1, 0.15) is 0 Å². The second-order valence-electron chi connectivity index (χ2n) is 4.48. The molecule has 0 saturated carbocycles. The Hall–Kier alpha value is -0.610. The zero-order valence-electron chi connectivity index (χ0n) is 8.78. The van der Waals surface area contributed by atoms with Crippen LogP contribution in [-0.4, -0.2) is 54.0 Å². The molecule has 2 N–H and O–H groups in total. The summed E-state index contributed by atoms with van der Waals surface area (Å²) in [4.78, 5) is 15.3. The fourth-order valence-corrected chi connectivity index (χ4v) is 2.32. The van der Waals surface area contributed by atoms with E-state index < -0.39 is 0 Å². The molecule has 4 heteroatoms. The van der Waals surface area contributed by atoms with Crippen molar-refractivity contribution in [3.8, 4) is 0 Å². The molecule has 0 aromatic rings. The lowest BCUT2D eigenvalue weighted by Crippen LogP contribution is -2.63. The van der Waals surface area contributed by atoms with Gasteiger partial charge in [-0.25, -0.2) is 0 Å². The summed E-state index contributed by atoms with van der Waals surface area (Å²) in [5.74, 6) is 0.197. The highest BCUT2D eigenvalue weighted by molar-refractivity contribution is 5.74. The Balaban J connectivity index is 1.78. The van der Waals surface area contributed by atoms with Gasteiger partial charge in [-0.2, -0.15) is 0 Å². The Labute approximate surface area is 85.0 Å². The van der Waals surface area contributed by atoms with Crippen LogP contribution in [-0.2, 0) is 4.79 Å². The highest BCUT2D eigenvalue weighted by atomic mass is 16.2. The largest absolute Gasteiger partial charge is 0.340 e. The minimum absolute atomic E-state index is 0.197. The van der Waals surface area contributed by atoms with E-state index >= 15 is 0 Å². The summed E-state index contributed by atoms with van der Waals surface area (Å²) in [6.45, 7) is 5.61. The normalized spacial score (nSPS) is 30.1. The molecule has 80 valence electrons. The fourth-order valence-electron chi connectivity index (χ4n) is 2.32. The van der Waals surface area contributed by atoms with Crippen molar-refractivity contribution >= 4 is 5.91 Å². The number of carbonyl (C=O) groups is 1. The average molecular weight is 197 g/mol. The topological polar surface area (TPSA) is 49.6 Å². The van der Waals surface area contributed by atoms with Crippen LogP contribution in [0.2, 0.25) is 0 Å². The molecule has 2 rings (SSSR count). The number of hydrogen-bond donors (Lipinski definition) is 1. The second kappa shape index (κ2) is 3.87.